The molecule has 1 aromatic heterocycles. The highest BCUT2D eigenvalue weighted by molar-refractivity contribution is 7.86. The third kappa shape index (κ3) is 3.04. The van der Waals surface area contributed by atoms with Crippen molar-refractivity contribution >= 4 is 43.2 Å². The van der Waals surface area contributed by atoms with E-state index in [1.54, 1.807) is 19.1 Å². The normalized spacial score (nSPS) is 12.3. The van der Waals surface area contributed by atoms with Gasteiger partial charge < -0.3 is 5.11 Å². The molecule has 0 spiro atoms. The van der Waals surface area contributed by atoms with Gasteiger partial charge in [-0.25, -0.2) is 4.98 Å². The first-order valence-electron chi connectivity index (χ1n) is 6.30. The van der Waals surface area contributed by atoms with Gasteiger partial charge in [0, 0.05) is 22.3 Å². The topological polar surface area (TPSA) is 125 Å². The summed E-state index contributed by atoms with van der Waals surface area (Å²) in [5.41, 5.74) is -0.0934. The van der Waals surface area contributed by atoms with Gasteiger partial charge in [0.15, 0.2) is 5.75 Å². The fourth-order valence-electron chi connectivity index (χ4n) is 2.03. The number of aryl methyl sites for hydroxylation is 1. The molecular formula is C13H10N4O4S2. The highest BCUT2D eigenvalue weighted by Gasteiger charge is 2.19. The zero-order valence-electron chi connectivity index (χ0n) is 11.7. The summed E-state index contributed by atoms with van der Waals surface area (Å²) in [4.78, 5) is 3.63. The lowest BCUT2D eigenvalue weighted by Crippen LogP contribution is -1.99. The number of azo groups is 1. The van der Waals surface area contributed by atoms with Crippen molar-refractivity contribution in [3.05, 3.63) is 36.2 Å². The van der Waals surface area contributed by atoms with Gasteiger partial charge in [-0.05, 0) is 13.0 Å². The Hall–Kier alpha value is -2.43. The number of phenolic OH excluding ortho intramolecular Hbond substituents is 1. The molecular weight excluding hydrogens is 340 g/mol. The predicted octanol–water partition coefficient (Wildman–Crippen LogP) is 3.37. The Balaban J connectivity index is 2.21. The van der Waals surface area contributed by atoms with Crippen LogP contribution in [0.2, 0.25) is 0 Å². The molecule has 1 heterocycles. The van der Waals surface area contributed by atoms with Crippen LogP contribution in [-0.4, -0.2) is 27.4 Å². The van der Waals surface area contributed by atoms with Crippen LogP contribution in [0.25, 0.3) is 10.8 Å². The fraction of sp³-hybridized carbons (Fsp3) is 0.0769. The van der Waals surface area contributed by atoms with E-state index in [1.807, 2.05) is 0 Å². The van der Waals surface area contributed by atoms with Crippen molar-refractivity contribution in [3.8, 4) is 5.75 Å². The van der Waals surface area contributed by atoms with Crippen LogP contribution in [0.15, 0.2) is 45.5 Å². The average Bonchev–Trinajstić information content (AvgIpc) is 2.91. The number of hydrogen-bond acceptors (Lipinski definition) is 8. The lowest BCUT2D eigenvalue weighted by molar-refractivity contribution is 0.480. The third-order valence-electron chi connectivity index (χ3n) is 3.00. The van der Waals surface area contributed by atoms with Gasteiger partial charge in [-0.15, -0.1) is 10.2 Å². The van der Waals surface area contributed by atoms with Gasteiger partial charge in [0.25, 0.3) is 10.1 Å². The largest absolute Gasteiger partial charge is 0.505 e. The molecule has 0 bridgehead atoms. The minimum Gasteiger partial charge on any atom is -0.505 e. The molecule has 118 valence electrons. The van der Waals surface area contributed by atoms with Gasteiger partial charge in [0.2, 0.25) is 5.13 Å². The van der Waals surface area contributed by atoms with Crippen LogP contribution in [0.5, 0.6) is 5.75 Å². The molecule has 23 heavy (non-hydrogen) atoms. The molecule has 3 aromatic rings. The second-order valence-corrected chi connectivity index (χ2v) is 6.71. The van der Waals surface area contributed by atoms with Crippen LogP contribution < -0.4 is 0 Å². The number of aromatic nitrogens is 2. The van der Waals surface area contributed by atoms with E-state index in [2.05, 4.69) is 19.6 Å². The third-order valence-corrected chi connectivity index (χ3v) is 4.58. The fourth-order valence-corrected chi connectivity index (χ4v) is 3.25. The predicted molar refractivity (Wildman–Crippen MR) is 84.2 cm³/mol. The number of fused-ring (bicyclic) bond motifs is 1. The summed E-state index contributed by atoms with van der Waals surface area (Å²) in [6.45, 7) is 1.69. The van der Waals surface area contributed by atoms with Crippen LogP contribution in [0, 0.1) is 6.92 Å². The first-order chi connectivity index (χ1) is 10.9. The molecule has 0 saturated carbocycles. The van der Waals surface area contributed by atoms with Gasteiger partial charge in [0.1, 0.15) is 16.4 Å². The molecule has 0 unspecified atom stereocenters. The summed E-state index contributed by atoms with van der Waals surface area (Å²) in [7, 11) is -4.49. The molecule has 0 saturated heterocycles. The minimum absolute atomic E-state index is 0.0934. The highest BCUT2D eigenvalue weighted by Crippen LogP contribution is 2.39. The van der Waals surface area contributed by atoms with E-state index in [4.69, 9.17) is 0 Å². The smallest absolute Gasteiger partial charge is 0.295 e. The van der Waals surface area contributed by atoms with E-state index < -0.39 is 10.1 Å². The van der Waals surface area contributed by atoms with Crippen LogP contribution in [0.3, 0.4) is 0 Å². The van der Waals surface area contributed by atoms with Gasteiger partial charge in [-0.2, -0.15) is 12.8 Å². The van der Waals surface area contributed by atoms with E-state index in [0.29, 0.717) is 5.82 Å². The molecule has 0 aliphatic rings. The molecule has 0 aliphatic heterocycles. The molecule has 10 heteroatoms. The van der Waals surface area contributed by atoms with Crippen molar-refractivity contribution in [1.29, 1.82) is 0 Å². The molecule has 0 aliphatic carbocycles. The Labute approximate surface area is 135 Å². The quantitative estimate of drug-likeness (QED) is 0.551. The van der Waals surface area contributed by atoms with E-state index in [9.17, 15) is 18.1 Å². The van der Waals surface area contributed by atoms with E-state index in [1.165, 1.54) is 12.1 Å². The molecule has 2 aromatic carbocycles. The average molecular weight is 350 g/mol. The number of nitrogens with zero attached hydrogens (tertiary/aromatic N) is 4. The maximum atomic E-state index is 11.6. The van der Waals surface area contributed by atoms with Crippen LogP contribution in [0.4, 0.5) is 10.8 Å². The van der Waals surface area contributed by atoms with Gasteiger partial charge in [0.05, 0.1) is 0 Å². The lowest BCUT2D eigenvalue weighted by atomic mass is 10.1. The summed E-state index contributed by atoms with van der Waals surface area (Å²) in [5.74, 6) is 0.295. The standard InChI is InChI=1S/C13H10N4O4S2/c1-7-14-13(22-17-7)16-15-10-6-11(23(19,20)21)8-4-2-3-5-9(8)12(10)18/h2-6,18H,1H3,(H,19,20,21)/b16-15+. The van der Waals surface area contributed by atoms with Crippen molar-refractivity contribution in [1.82, 2.24) is 9.36 Å². The first kappa shape index (κ1) is 15.5. The van der Waals surface area contributed by atoms with Gasteiger partial charge in [-0.1, -0.05) is 24.3 Å². The Morgan fingerprint density at radius 2 is 1.87 bits per heavy atom. The van der Waals surface area contributed by atoms with Crippen molar-refractivity contribution in [2.24, 2.45) is 10.2 Å². The number of benzene rings is 2. The monoisotopic (exact) mass is 350 g/mol. The first-order valence-corrected chi connectivity index (χ1v) is 8.52. The zero-order valence-corrected chi connectivity index (χ0v) is 13.3. The Morgan fingerprint density at radius 3 is 2.48 bits per heavy atom. The van der Waals surface area contributed by atoms with Crippen molar-refractivity contribution in [2.75, 3.05) is 0 Å². The molecule has 0 amide bonds. The number of hydrogen-bond donors (Lipinski definition) is 2. The Bertz CT molecular complexity index is 1030. The second-order valence-electron chi connectivity index (χ2n) is 4.59. The van der Waals surface area contributed by atoms with Crippen molar-refractivity contribution < 1.29 is 18.1 Å². The molecule has 0 atom stereocenters. The second kappa shape index (κ2) is 5.65. The molecule has 2 N–H and O–H groups in total. The maximum absolute atomic E-state index is 11.6. The maximum Gasteiger partial charge on any atom is 0.295 e. The van der Waals surface area contributed by atoms with Gasteiger partial charge in [-0.3, -0.25) is 4.55 Å². The summed E-state index contributed by atoms with van der Waals surface area (Å²) < 4.78 is 36.5. The Morgan fingerprint density at radius 1 is 1.17 bits per heavy atom. The van der Waals surface area contributed by atoms with Crippen LogP contribution in [0.1, 0.15) is 5.82 Å². The molecule has 8 nitrogen and oxygen atoms in total. The SMILES string of the molecule is Cc1nsc(/N=N/c2cc(S(=O)(=O)O)c3ccccc3c2O)n1. The van der Waals surface area contributed by atoms with Crippen molar-refractivity contribution in [2.45, 2.75) is 11.8 Å². The number of phenols is 1. The van der Waals surface area contributed by atoms with E-state index in [0.717, 1.165) is 17.6 Å². The summed E-state index contributed by atoms with van der Waals surface area (Å²) in [5, 5.41) is 18.6. The van der Waals surface area contributed by atoms with E-state index >= 15 is 0 Å². The summed E-state index contributed by atoms with van der Waals surface area (Å²) >= 11 is 1.02. The molecule has 0 radical (unpaired) electrons. The van der Waals surface area contributed by atoms with E-state index in [-0.39, 0.29) is 32.2 Å². The summed E-state index contributed by atoms with van der Waals surface area (Å²) in [6, 6.07) is 7.29. The number of rotatable bonds is 3. The zero-order chi connectivity index (χ0) is 16.6. The minimum atomic E-state index is -4.49. The summed E-state index contributed by atoms with van der Waals surface area (Å²) in [6.07, 6.45) is 0. The molecule has 0 fully saturated rings. The van der Waals surface area contributed by atoms with Crippen LogP contribution >= 0.6 is 11.5 Å². The van der Waals surface area contributed by atoms with Crippen molar-refractivity contribution in [3.63, 3.8) is 0 Å². The lowest BCUT2D eigenvalue weighted by Gasteiger charge is -2.07. The highest BCUT2D eigenvalue weighted by atomic mass is 32.2. The molecule has 3 rings (SSSR count). The van der Waals surface area contributed by atoms with Gasteiger partial charge >= 0.3 is 0 Å². The number of aromatic hydroxyl groups is 1. The van der Waals surface area contributed by atoms with Crippen LogP contribution in [-0.2, 0) is 10.1 Å². The Kier molecular flexibility index (Phi) is 3.80.